The van der Waals surface area contributed by atoms with E-state index >= 15 is 0 Å². The zero-order valence-electron chi connectivity index (χ0n) is 12.0. The molecule has 0 aromatic heterocycles. The zero-order valence-corrected chi connectivity index (χ0v) is 13.6. The van der Waals surface area contributed by atoms with Gasteiger partial charge in [-0.3, -0.25) is 0 Å². The van der Waals surface area contributed by atoms with Gasteiger partial charge in [-0.2, -0.15) is 0 Å². The predicted molar refractivity (Wildman–Crippen MR) is 82.5 cm³/mol. The normalized spacial score (nSPS) is 14.2. The summed E-state index contributed by atoms with van der Waals surface area (Å²) in [4.78, 5) is 0. The summed E-state index contributed by atoms with van der Waals surface area (Å²) in [7, 11) is 0. The summed E-state index contributed by atoms with van der Waals surface area (Å²) in [6.45, 7) is 7.96. The minimum atomic E-state index is -0.777. The fourth-order valence-corrected chi connectivity index (χ4v) is 1.97. The molecule has 0 saturated carbocycles. The monoisotopic (exact) mass is 329 g/mol. The lowest BCUT2D eigenvalue weighted by Crippen LogP contribution is -2.31. The van der Waals surface area contributed by atoms with Gasteiger partial charge in [0.25, 0.3) is 0 Å². The number of rotatable bonds is 8. The van der Waals surface area contributed by atoms with Gasteiger partial charge in [0.05, 0.1) is 5.60 Å². The average Bonchev–Trinajstić information content (AvgIpc) is 2.38. The third kappa shape index (κ3) is 5.93. The van der Waals surface area contributed by atoms with Gasteiger partial charge in [-0.15, -0.1) is 0 Å². The predicted octanol–water partition coefficient (Wildman–Crippen LogP) is 3.49. The molecule has 19 heavy (non-hydrogen) atoms. The van der Waals surface area contributed by atoms with E-state index in [1.165, 1.54) is 0 Å². The van der Waals surface area contributed by atoms with Gasteiger partial charge in [-0.1, -0.05) is 29.8 Å². The van der Waals surface area contributed by atoms with Crippen molar-refractivity contribution in [2.24, 2.45) is 0 Å². The van der Waals surface area contributed by atoms with Crippen molar-refractivity contribution in [1.82, 2.24) is 5.32 Å². The fourth-order valence-electron chi connectivity index (χ4n) is 1.56. The van der Waals surface area contributed by atoms with Crippen molar-refractivity contribution in [3.05, 3.63) is 28.2 Å². The van der Waals surface area contributed by atoms with Gasteiger partial charge in [0, 0.05) is 16.6 Å². The Morgan fingerprint density at radius 2 is 2.11 bits per heavy atom. The lowest BCUT2D eigenvalue weighted by Gasteiger charge is -2.22. The fraction of sp³-hybridized carbons (Fsp3) is 0.600. The van der Waals surface area contributed by atoms with Crippen LogP contribution in [0.15, 0.2) is 22.7 Å². The zero-order chi connectivity index (χ0) is 14.3. The first-order valence-corrected chi connectivity index (χ1v) is 7.62. The number of hydrogen-bond acceptors (Lipinski definition) is 3. The first kappa shape index (κ1) is 16.5. The van der Waals surface area contributed by atoms with Crippen LogP contribution in [0.5, 0.6) is 5.75 Å². The third-order valence-electron chi connectivity index (χ3n) is 3.07. The van der Waals surface area contributed by atoms with Crippen molar-refractivity contribution in [2.75, 3.05) is 13.2 Å². The van der Waals surface area contributed by atoms with Gasteiger partial charge >= 0.3 is 0 Å². The molecule has 1 unspecified atom stereocenters. The molecule has 0 amide bonds. The lowest BCUT2D eigenvalue weighted by molar-refractivity contribution is 0.00815. The molecule has 4 heteroatoms. The Kier molecular flexibility index (Phi) is 6.83. The standard InChI is InChI=1S/C15H24BrNO2/c1-4-8-17-10-12-9-13(16)6-7-14(12)19-11-15(3,18)5-2/h6-7,9,17-18H,4-5,8,10-11H2,1-3H3. The van der Waals surface area contributed by atoms with Gasteiger partial charge in [-0.05, 0) is 44.5 Å². The summed E-state index contributed by atoms with van der Waals surface area (Å²) in [5.74, 6) is 0.834. The summed E-state index contributed by atoms with van der Waals surface area (Å²) in [6, 6.07) is 5.96. The molecular formula is C15H24BrNO2. The second-order valence-corrected chi connectivity index (χ2v) is 5.98. The SMILES string of the molecule is CCCNCc1cc(Br)ccc1OCC(C)(O)CC. The van der Waals surface area contributed by atoms with Crippen LogP contribution in [0.4, 0.5) is 0 Å². The van der Waals surface area contributed by atoms with Crippen molar-refractivity contribution < 1.29 is 9.84 Å². The maximum absolute atomic E-state index is 9.99. The van der Waals surface area contributed by atoms with Crippen molar-refractivity contribution in [1.29, 1.82) is 0 Å². The average molecular weight is 330 g/mol. The van der Waals surface area contributed by atoms with Gasteiger partial charge in [0.1, 0.15) is 12.4 Å². The van der Waals surface area contributed by atoms with Gasteiger partial charge in [0.2, 0.25) is 0 Å². The van der Waals surface area contributed by atoms with Crippen LogP contribution in [0, 0.1) is 0 Å². The maximum Gasteiger partial charge on any atom is 0.124 e. The summed E-state index contributed by atoms with van der Waals surface area (Å²) in [5.41, 5.74) is 0.330. The minimum Gasteiger partial charge on any atom is -0.490 e. The highest BCUT2D eigenvalue weighted by Gasteiger charge is 2.19. The molecule has 108 valence electrons. The Morgan fingerprint density at radius 1 is 1.37 bits per heavy atom. The van der Waals surface area contributed by atoms with E-state index in [-0.39, 0.29) is 0 Å². The lowest BCUT2D eigenvalue weighted by atomic mass is 10.1. The molecule has 0 aliphatic carbocycles. The van der Waals surface area contributed by atoms with E-state index < -0.39 is 5.60 Å². The molecule has 0 aliphatic heterocycles. The summed E-state index contributed by atoms with van der Waals surface area (Å²) in [6.07, 6.45) is 1.78. The van der Waals surface area contributed by atoms with Gasteiger partial charge in [-0.25, -0.2) is 0 Å². The molecule has 3 nitrogen and oxygen atoms in total. The van der Waals surface area contributed by atoms with Crippen LogP contribution in [0.3, 0.4) is 0 Å². The smallest absolute Gasteiger partial charge is 0.124 e. The first-order chi connectivity index (χ1) is 8.98. The highest BCUT2D eigenvalue weighted by molar-refractivity contribution is 9.10. The molecule has 1 atom stereocenters. The van der Waals surface area contributed by atoms with E-state index in [4.69, 9.17) is 4.74 Å². The van der Waals surface area contributed by atoms with Gasteiger partial charge in [0.15, 0.2) is 0 Å². The molecule has 0 fully saturated rings. The van der Waals surface area contributed by atoms with E-state index in [0.717, 1.165) is 35.3 Å². The van der Waals surface area contributed by atoms with E-state index in [1.807, 2.05) is 19.1 Å². The Labute approximate surface area is 124 Å². The highest BCUT2D eigenvalue weighted by atomic mass is 79.9. The number of hydrogen-bond donors (Lipinski definition) is 2. The van der Waals surface area contributed by atoms with Crippen LogP contribution in [0.2, 0.25) is 0 Å². The second kappa shape index (κ2) is 7.88. The second-order valence-electron chi connectivity index (χ2n) is 5.07. The molecule has 1 aromatic carbocycles. The summed E-state index contributed by atoms with van der Waals surface area (Å²) < 4.78 is 6.81. The molecule has 1 aromatic rings. The Morgan fingerprint density at radius 3 is 2.74 bits per heavy atom. The first-order valence-electron chi connectivity index (χ1n) is 6.83. The number of halogens is 1. The minimum absolute atomic E-state index is 0.311. The van der Waals surface area contributed by atoms with Crippen LogP contribution in [0.1, 0.15) is 39.2 Å². The number of aliphatic hydroxyl groups is 1. The number of nitrogens with one attached hydrogen (secondary N) is 1. The molecule has 0 radical (unpaired) electrons. The Bertz CT molecular complexity index is 394. The van der Waals surface area contributed by atoms with Crippen molar-refractivity contribution in [2.45, 2.75) is 45.8 Å². The van der Waals surface area contributed by atoms with Crippen molar-refractivity contribution >= 4 is 15.9 Å². The Hall–Kier alpha value is -0.580. The molecule has 0 bridgehead atoms. The van der Waals surface area contributed by atoms with E-state index in [2.05, 4.69) is 34.2 Å². The van der Waals surface area contributed by atoms with Gasteiger partial charge < -0.3 is 15.2 Å². The van der Waals surface area contributed by atoms with Crippen LogP contribution >= 0.6 is 15.9 Å². The third-order valence-corrected chi connectivity index (χ3v) is 3.56. The summed E-state index contributed by atoms with van der Waals surface area (Å²) >= 11 is 3.48. The quantitative estimate of drug-likeness (QED) is 0.717. The molecule has 2 N–H and O–H groups in total. The topological polar surface area (TPSA) is 41.5 Å². The van der Waals surface area contributed by atoms with Crippen LogP contribution < -0.4 is 10.1 Å². The largest absolute Gasteiger partial charge is 0.490 e. The molecule has 1 rings (SSSR count). The molecular weight excluding hydrogens is 306 g/mol. The highest BCUT2D eigenvalue weighted by Crippen LogP contribution is 2.24. The van der Waals surface area contributed by atoms with Crippen LogP contribution in [-0.4, -0.2) is 23.9 Å². The van der Waals surface area contributed by atoms with E-state index in [1.54, 1.807) is 6.92 Å². The van der Waals surface area contributed by atoms with E-state index in [9.17, 15) is 5.11 Å². The maximum atomic E-state index is 9.99. The number of benzene rings is 1. The Balaban J connectivity index is 2.70. The van der Waals surface area contributed by atoms with Crippen molar-refractivity contribution in [3.63, 3.8) is 0 Å². The number of ether oxygens (including phenoxy) is 1. The van der Waals surface area contributed by atoms with Crippen molar-refractivity contribution in [3.8, 4) is 5.75 Å². The summed E-state index contributed by atoms with van der Waals surface area (Å²) in [5, 5.41) is 13.4. The van der Waals surface area contributed by atoms with Crippen LogP contribution in [-0.2, 0) is 6.54 Å². The molecule has 0 heterocycles. The van der Waals surface area contributed by atoms with E-state index in [0.29, 0.717) is 13.0 Å². The molecule has 0 aliphatic rings. The van der Waals surface area contributed by atoms with Crippen LogP contribution in [0.25, 0.3) is 0 Å². The molecule has 0 saturated heterocycles. The molecule has 0 spiro atoms.